The zero-order valence-corrected chi connectivity index (χ0v) is 12.7. The third-order valence-electron chi connectivity index (χ3n) is 3.65. The molecule has 1 aliphatic rings. The third kappa shape index (κ3) is 2.95. The molecular formula is C17H27N. The minimum absolute atomic E-state index is 0.175. The van der Waals surface area contributed by atoms with E-state index in [4.69, 9.17) is 0 Å². The quantitative estimate of drug-likeness (QED) is 0.816. The van der Waals surface area contributed by atoms with E-state index in [0.717, 1.165) is 0 Å². The summed E-state index contributed by atoms with van der Waals surface area (Å²) in [5.41, 5.74) is 3.54. The van der Waals surface area contributed by atoms with Crippen molar-refractivity contribution in [2.24, 2.45) is 0 Å². The molecule has 0 atom stereocenters. The maximum absolute atomic E-state index is 3.80. The van der Waals surface area contributed by atoms with Crippen LogP contribution in [0.15, 0.2) is 24.3 Å². The molecule has 1 aromatic carbocycles. The van der Waals surface area contributed by atoms with Crippen molar-refractivity contribution in [3.63, 3.8) is 0 Å². The maximum Gasteiger partial charge on any atom is 0.0440 e. The summed E-state index contributed by atoms with van der Waals surface area (Å²) >= 11 is 0. The van der Waals surface area contributed by atoms with Crippen LogP contribution in [0.5, 0.6) is 0 Å². The molecule has 0 unspecified atom stereocenters. The molecule has 18 heavy (non-hydrogen) atoms. The van der Waals surface area contributed by atoms with E-state index in [-0.39, 0.29) is 16.5 Å². The van der Waals surface area contributed by atoms with E-state index in [9.17, 15) is 0 Å². The molecule has 0 saturated heterocycles. The maximum atomic E-state index is 3.80. The third-order valence-corrected chi connectivity index (χ3v) is 3.65. The summed E-state index contributed by atoms with van der Waals surface area (Å²) in [4.78, 5) is 0. The van der Waals surface area contributed by atoms with Gasteiger partial charge in [-0.2, -0.15) is 0 Å². The van der Waals surface area contributed by atoms with Gasteiger partial charge < -0.3 is 5.32 Å². The van der Waals surface area contributed by atoms with Crippen LogP contribution in [-0.2, 0) is 11.0 Å². The Balaban J connectivity index is 2.29. The van der Waals surface area contributed by atoms with Gasteiger partial charge in [-0.3, -0.25) is 0 Å². The first kappa shape index (κ1) is 13.6. The molecule has 0 spiro atoms. The molecule has 1 aliphatic carbocycles. The fourth-order valence-corrected chi connectivity index (χ4v) is 2.61. The van der Waals surface area contributed by atoms with Crippen molar-refractivity contribution >= 4 is 0 Å². The van der Waals surface area contributed by atoms with Crippen LogP contribution >= 0.6 is 0 Å². The predicted molar refractivity (Wildman–Crippen MR) is 78.9 cm³/mol. The van der Waals surface area contributed by atoms with E-state index >= 15 is 0 Å². The predicted octanol–water partition coefficient (Wildman–Crippen LogP) is 4.36. The molecule has 0 heterocycles. The van der Waals surface area contributed by atoms with Crippen molar-refractivity contribution in [2.45, 2.75) is 70.9 Å². The van der Waals surface area contributed by atoms with Crippen molar-refractivity contribution in [2.75, 3.05) is 0 Å². The van der Waals surface area contributed by atoms with E-state index in [1.807, 2.05) is 0 Å². The van der Waals surface area contributed by atoms with Crippen molar-refractivity contribution in [1.29, 1.82) is 0 Å². The summed E-state index contributed by atoms with van der Waals surface area (Å²) in [5, 5.41) is 3.80. The number of rotatable bonds is 2. The first-order valence-corrected chi connectivity index (χ1v) is 7.03. The summed E-state index contributed by atoms with van der Waals surface area (Å²) in [6.07, 6.45) is 2.52. The highest BCUT2D eigenvalue weighted by Gasteiger charge is 2.46. The van der Waals surface area contributed by atoms with Crippen molar-refractivity contribution < 1.29 is 0 Å². The zero-order valence-electron chi connectivity index (χ0n) is 12.7. The van der Waals surface area contributed by atoms with E-state index in [1.54, 1.807) is 0 Å². The van der Waals surface area contributed by atoms with Crippen LogP contribution in [0.2, 0.25) is 0 Å². The molecule has 0 aliphatic heterocycles. The van der Waals surface area contributed by atoms with E-state index in [1.165, 1.54) is 24.0 Å². The number of benzene rings is 1. The molecule has 0 aromatic heterocycles. The van der Waals surface area contributed by atoms with Crippen LogP contribution in [0.1, 0.15) is 65.5 Å². The molecule has 1 fully saturated rings. The second-order valence-electron chi connectivity index (χ2n) is 7.79. The first-order valence-electron chi connectivity index (χ1n) is 7.03. The molecule has 0 amide bonds. The molecule has 1 N–H and O–H groups in total. The molecular weight excluding hydrogens is 218 g/mol. The topological polar surface area (TPSA) is 12.0 Å². The van der Waals surface area contributed by atoms with Crippen molar-refractivity contribution in [3.05, 3.63) is 35.4 Å². The second-order valence-corrected chi connectivity index (χ2v) is 7.79. The monoisotopic (exact) mass is 245 g/mol. The van der Waals surface area contributed by atoms with Gasteiger partial charge in [0.25, 0.3) is 0 Å². The average molecular weight is 245 g/mol. The summed E-state index contributed by atoms with van der Waals surface area (Å²) in [7, 11) is 0. The Morgan fingerprint density at radius 3 is 2.06 bits per heavy atom. The molecule has 1 heteroatoms. The largest absolute Gasteiger partial charge is 0.303 e. The standard InChI is InChI=1S/C17H27N/c1-15(2,3)13-8-7-9-14(12-13)17(10-11-17)18-16(4,5)6/h7-9,12,18H,10-11H2,1-6H3. The molecule has 1 nitrogen and oxygen atoms in total. The van der Waals surface area contributed by atoms with Gasteiger partial charge in [0.2, 0.25) is 0 Å². The highest BCUT2D eigenvalue weighted by atomic mass is 15.1. The van der Waals surface area contributed by atoms with Gasteiger partial charge in [0.1, 0.15) is 0 Å². The molecule has 100 valence electrons. The van der Waals surface area contributed by atoms with Gasteiger partial charge in [0.15, 0.2) is 0 Å². The second kappa shape index (κ2) is 4.09. The fourth-order valence-electron chi connectivity index (χ4n) is 2.61. The van der Waals surface area contributed by atoms with E-state index in [0.29, 0.717) is 0 Å². The summed E-state index contributed by atoms with van der Waals surface area (Å²) in [6.45, 7) is 13.6. The first-order chi connectivity index (χ1) is 8.12. The van der Waals surface area contributed by atoms with E-state index < -0.39 is 0 Å². The Hall–Kier alpha value is -0.820. The summed E-state index contributed by atoms with van der Waals surface area (Å²) < 4.78 is 0. The van der Waals surface area contributed by atoms with Gasteiger partial charge in [0, 0.05) is 11.1 Å². The van der Waals surface area contributed by atoms with E-state index in [2.05, 4.69) is 71.1 Å². The molecule has 0 radical (unpaired) electrons. The Bertz CT molecular complexity index is 428. The van der Waals surface area contributed by atoms with Crippen LogP contribution in [-0.4, -0.2) is 5.54 Å². The Morgan fingerprint density at radius 2 is 1.61 bits per heavy atom. The Labute approximate surface area is 112 Å². The Morgan fingerprint density at radius 1 is 1.00 bits per heavy atom. The summed E-state index contributed by atoms with van der Waals surface area (Å²) in [5.74, 6) is 0. The van der Waals surface area contributed by atoms with Crippen LogP contribution in [0.4, 0.5) is 0 Å². The lowest BCUT2D eigenvalue weighted by Crippen LogP contribution is -2.43. The minimum atomic E-state index is 0.175. The van der Waals surface area contributed by atoms with Crippen LogP contribution in [0, 0.1) is 0 Å². The number of nitrogens with one attached hydrogen (secondary N) is 1. The minimum Gasteiger partial charge on any atom is -0.303 e. The zero-order chi connectivity index (χ0) is 13.6. The van der Waals surface area contributed by atoms with Gasteiger partial charge in [-0.05, 0) is 50.2 Å². The van der Waals surface area contributed by atoms with Crippen LogP contribution in [0.25, 0.3) is 0 Å². The lowest BCUT2D eigenvalue weighted by Gasteiger charge is -2.30. The van der Waals surface area contributed by atoms with Gasteiger partial charge in [-0.1, -0.05) is 45.0 Å². The highest BCUT2D eigenvalue weighted by Crippen LogP contribution is 2.47. The normalized spacial score (nSPS) is 18.8. The molecule has 0 bridgehead atoms. The lowest BCUT2D eigenvalue weighted by molar-refractivity contribution is 0.348. The SMILES string of the molecule is CC(C)(C)NC1(c2cccc(C(C)(C)C)c2)CC1. The van der Waals surface area contributed by atoms with Crippen LogP contribution < -0.4 is 5.32 Å². The lowest BCUT2D eigenvalue weighted by atomic mass is 9.85. The fraction of sp³-hybridized carbons (Fsp3) is 0.647. The Kier molecular flexibility index (Phi) is 3.09. The van der Waals surface area contributed by atoms with Crippen LogP contribution in [0.3, 0.4) is 0 Å². The number of hydrogen-bond donors (Lipinski definition) is 1. The van der Waals surface area contributed by atoms with Gasteiger partial charge >= 0.3 is 0 Å². The van der Waals surface area contributed by atoms with Gasteiger partial charge in [-0.15, -0.1) is 0 Å². The molecule has 2 rings (SSSR count). The highest BCUT2D eigenvalue weighted by molar-refractivity contribution is 5.36. The smallest absolute Gasteiger partial charge is 0.0440 e. The van der Waals surface area contributed by atoms with Crippen molar-refractivity contribution in [1.82, 2.24) is 5.32 Å². The van der Waals surface area contributed by atoms with Gasteiger partial charge in [0.05, 0.1) is 0 Å². The van der Waals surface area contributed by atoms with Gasteiger partial charge in [-0.25, -0.2) is 0 Å². The molecule has 1 saturated carbocycles. The van der Waals surface area contributed by atoms with Crippen molar-refractivity contribution in [3.8, 4) is 0 Å². The summed E-state index contributed by atoms with van der Waals surface area (Å²) in [6, 6.07) is 9.13. The number of hydrogen-bond acceptors (Lipinski definition) is 1. The average Bonchev–Trinajstić information content (AvgIpc) is 2.95. The molecule has 1 aromatic rings.